The molecule has 1 fully saturated rings. The maximum atomic E-state index is 11.9. The number of aryl methyl sites for hydroxylation is 1. The van der Waals surface area contributed by atoms with Crippen LogP contribution in [0.25, 0.3) is 0 Å². The van der Waals surface area contributed by atoms with E-state index >= 15 is 0 Å². The van der Waals surface area contributed by atoms with Gasteiger partial charge in [0.15, 0.2) is 0 Å². The van der Waals surface area contributed by atoms with Gasteiger partial charge in [-0.15, -0.1) is 0 Å². The Bertz CT molecular complexity index is 538. The van der Waals surface area contributed by atoms with Crippen LogP contribution in [-0.2, 0) is 20.8 Å². The minimum absolute atomic E-state index is 0.0295. The zero-order chi connectivity index (χ0) is 14.0. The minimum Gasteiger partial charge on any atom is -0.481 e. The average Bonchev–Trinajstić information content (AvgIpc) is 2.61. The molecule has 0 radical (unpaired) electrons. The summed E-state index contributed by atoms with van der Waals surface area (Å²) < 4.78 is 0. The van der Waals surface area contributed by atoms with E-state index in [-0.39, 0.29) is 30.6 Å². The Balaban J connectivity index is 2.21. The van der Waals surface area contributed by atoms with Gasteiger partial charge < -0.3 is 5.11 Å². The third-order valence-electron chi connectivity index (χ3n) is 3.17. The fraction of sp³-hybridized carbons (Fsp3) is 0.357. The molecule has 1 N–H and O–H groups in total. The Morgan fingerprint density at radius 3 is 2.74 bits per heavy atom. The molecule has 0 aromatic heterocycles. The highest BCUT2D eigenvalue weighted by atomic mass is 16.4. The third kappa shape index (κ3) is 2.81. The first kappa shape index (κ1) is 13.3. The minimum atomic E-state index is -0.868. The van der Waals surface area contributed by atoms with Gasteiger partial charge in [0.2, 0.25) is 11.8 Å². The maximum Gasteiger partial charge on any atom is 0.303 e. The van der Waals surface area contributed by atoms with E-state index in [1.54, 1.807) is 31.2 Å². The van der Waals surface area contributed by atoms with Gasteiger partial charge in [0, 0.05) is 18.8 Å². The number of benzene rings is 1. The Labute approximate surface area is 110 Å². The molecule has 0 spiro atoms. The third-order valence-corrected chi connectivity index (χ3v) is 3.17. The molecule has 19 heavy (non-hydrogen) atoms. The lowest BCUT2D eigenvalue weighted by Gasteiger charge is -2.15. The largest absolute Gasteiger partial charge is 0.481 e. The van der Waals surface area contributed by atoms with Crippen LogP contribution in [0.3, 0.4) is 0 Å². The lowest BCUT2D eigenvalue weighted by Crippen LogP contribution is -2.30. The molecule has 1 aromatic rings. The summed E-state index contributed by atoms with van der Waals surface area (Å²) in [5.41, 5.74) is 1.34. The number of aliphatic carboxylic acids is 1. The highest BCUT2D eigenvalue weighted by Gasteiger charge is 2.36. The molecule has 1 heterocycles. The average molecular weight is 261 g/mol. The van der Waals surface area contributed by atoms with Gasteiger partial charge in [-0.25, -0.2) is 0 Å². The van der Waals surface area contributed by atoms with Gasteiger partial charge in [0.1, 0.15) is 0 Å². The van der Waals surface area contributed by atoms with Crippen molar-refractivity contribution >= 4 is 23.5 Å². The van der Waals surface area contributed by atoms with E-state index in [2.05, 4.69) is 0 Å². The molecule has 0 bridgehead atoms. The van der Waals surface area contributed by atoms with Crippen molar-refractivity contribution in [1.29, 1.82) is 0 Å². The second-order valence-corrected chi connectivity index (χ2v) is 4.74. The number of imide groups is 1. The van der Waals surface area contributed by atoms with Crippen LogP contribution in [0.4, 0.5) is 5.69 Å². The van der Waals surface area contributed by atoms with Crippen LogP contribution in [0.2, 0.25) is 0 Å². The summed E-state index contributed by atoms with van der Waals surface area (Å²) in [7, 11) is 0. The second kappa shape index (κ2) is 5.22. The normalized spacial score (nSPS) is 19.0. The van der Waals surface area contributed by atoms with Gasteiger partial charge in [-0.05, 0) is 24.1 Å². The van der Waals surface area contributed by atoms with Crippen molar-refractivity contribution in [3.63, 3.8) is 0 Å². The van der Waals surface area contributed by atoms with E-state index in [1.807, 2.05) is 0 Å². The predicted molar refractivity (Wildman–Crippen MR) is 68.7 cm³/mol. The first-order valence-electron chi connectivity index (χ1n) is 6.16. The smallest absolute Gasteiger partial charge is 0.303 e. The number of nitrogens with zero attached hydrogens (tertiary/aromatic N) is 1. The summed E-state index contributed by atoms with van der Waals surface area (Å²) in [5.74, 6) is -1.55. The summed E-state index contributed by atoms with van der Waals surface area (Å²) in [6, 6.07) is 6.92. The van der Waals surface area contributed by atoms with Crippen LogP contribution in [-0.4, -0.2) is 22.9 Å². The van der Waals surface area contributed by atoms with Crippen LogP contribution >= 0.6 is 0 Å². The quantitative estimate of drug-likeness (QED) is 0.835. The first-order chi connectivity index (χ1) is 8.99. The molecular weight excluding hydrogens is 246 g/mol. The molecule has 1 saturated heterocycles. The Hall–Kier alpha value is -2.17. The highest BCUT2D eigenvalue weighted by molar-refractivity contribution is 6.20. The Morgan fingerprint density at radius 1 is 1.42 bits per heavy atom. The fourth-order valence-corrected chi connectivity index (χ4v) is 2.16. The topological polar surface area (TPSA) is 74.7 Å². The number of hydrogen-bond acceptors (Lipinski definition) is 3. The number of carboxylic acid groups (broad SMARTS) is 1. The number of amides is 2. The number of anilines is 1. The molecule has 1 aliphatic rings. The van der Waals surface area contributed by atoms with E-state index in [0.29, 0.717) is 12.1 Å². The molecule has 1 aliphatic heterocycles. The van der Waals surface area contributed by atoms with Crippen molar-refractivity contribution in [2.24, 2.45) is 5.92 Å². The molecule has 100 valence electrons. The summed E-state index contributed by atoms with van der Waals surface area (Å²) in [6.45, 7) is 1.73. The van der Waals surface area contributed by atoms with Gasteiger partial charge in [-0.2, -0.15) is 0 Å². The van der Waals surface area contributed by atoms with Crippen molar-refractivity contribution in [2.45, 2.75) is 26.2 Å². The number of hydrogen-bond donors (Lipinski definition) is 1. The van der Waals surface area contributed by atoms with Crippen LogP contribution in [0.1, 0.15) is 25.3 Å². The summed E-state index contributed by atoms with van der Waals surface area (Å²) in [4.78, 5) is 35.4. The number of carbonyl (C=O) groups excluding carboxylic acids is 2. The van der Waals surface area contributed by atoms with Crippen molar-refractivity contribution in [3.05, 3.63) is 29.8 Å². The van der Waals surface area contributed by atoms with E-state index in [1.165, 1.54) is 4.90 Å². The van der Waals surface area contributed by atoms with Crippen LogP contribution < -0.4 is 4.90 Å². The van der Waals surface area contributed by atoms with Crippen LogP contribution in [0.5, 0.6) is 0 Å². The molecule has 1 atom stereocenters. The van der Waals surface area contributed by atoms with Gasteiger partial charge in [-0.3, -0.25) is 19.3 Å². The van der Waals surface area contributed by atoms with Gasteiger partial charge in [0.25, 0.3) is 0 Å². The molecule has 0 saturated carbocycles. The summed E-state index contributed by atoms with van der Waals surface area (Å²) in [5, 5.41) is 8.66. The standard InChI is InChI=1S/C14H15NO4/c1-9-7-12(16)15(14(9)19)11-4-2-3-10(8-11)5-6-13(17)18/h2-4,8-9H,5-7H2,1H3,(H,17,18). The molecule has 1 aromatic carbocycles. The van der Waals surface area contributed by atoms with Crippen molar-refractivity contribution in [1.82, 2.24) is 0 Å². The van der Waals surface area contributed by atoms with Crippen LogP contribution in [0, 0.1) is 5.92 Å². The fourth-order valence-electron chi connectivity index (χ4n) is 2.16. The van der Waals surface area contributed by atoms with Gasteiger partial charge in [-0.1, -0.05) is 19.1 Å². The SMILES string of the molecule is CC1CC(=O)N(c2cccc(CCC(=O)O)c2)C1=O. The maximum absolute atomic E-state index is 11.9. The zero-order valence-electron chi connectivity index (χ0n) is 10.6. The molecule has 2 amide bonds. The lowest BCUT2D eigenvalue weighted by molar-refractivity contribution is -0.137. The van der Waals surface area contributed by atoms with Crippen molar-refractivity contribution in [2.75, 3.05) is 4.90 Å². The molecule has 5 nitrogen and oxygen atoms in total. The predicted octanol–water partition coefficient (Wildman–Crippen LogP) is 1.60. The highest BCUT2D eigenvalue weighted by Crippen LogP contribution is 2.26. The monoisotopic (exact) mass is 261 g/mol. The Morgan fingerprint density at radius 2 is 2.16 bits per heavy atom. The number of carboxylic acids is 1. The first-order valence-corrected chi connectivity index (χ1v) is 6.16. The molecule has 0 aliphatic carbocycles. The molecule has 2 rings (SSSR count). The zero-order valence-corrected chi connectivity index (χ0v) is 10.6. The van der Waals surface area contributed by atoms with E-state index in [0.717, 1.165) is 5.56 Å². The molecule has 5 heteroatoms. The van der Waals surface area contributed by atoms with Gasteiger partial charge in [0.05, 0.1) is 5.69 Å². The van der Waals surface area contributed by atoms with E-state index in [4.69, 9.17) is 5.11 Å². The Kier molecular flexibility index (Phi) is 3.64. The number of carbonyl (C=O) groups is 3. The van der Waals surface area contributed by atoms with Gasteiger partial charge >= 0.3 is 5.97 Å². The summed E-state index contributed by atoms with van der Waals surface area (Å²) in [6.07, 6.45) is 0.648. The van der Waals surface area contributed by atoms with Crippen LogP contribution in [0.15, 0.2) is 24.3 Å². The van der Waals surface area contributed by atoms with E-state index < -0.39 is 5.97 Å². The number of rotatable bonds is 4. The van der Waals surface area contributed by atoms with Crippen molar-refractivity contribution < 1.29 is 19.5 Å². The summed E-state index contributed by atoms with van der Waals surface area (Å²) >= 11 is 0. The molecular formula is C14H15NO4. The van der Waals surface area contributed by atoms with Crippen molar-refractivity contribution in [3.8, 4) is 0 Å². The van der Waals surface area contributed by atoms with E-state index in [9.17, 15) is 14.4 Å². The second-order valence-electron chi connectivity index (χ2n) is 4.74. The lowest BCUT2D eigenvalue weighted by atomic mass is 10.1. The molecule has 1 unspecified atom stereocenters.